The van der Waals surface area contributed by atoms with E-state index in [1.54, 1.807) is 0 Å². The van der Waals surface area contributed by atoms with Gasteiger partial charge in [0.1, 0.15) is 0 Å². The van der Waals surface area contributed by atoms with Gasteiger partial charge in [0.25, 0.3) is 0 Å². The third-order valence-corrected chi connectivity index (χ3v) is 4.18. The molecule has 2 rings (SSSR count). The molecule has 2 saturated heterocycles. The molecule has 6 nitrogen and oxygen atoms in total. The molecule has 2 aliphatic rings. The smallest absolute Gasteiger partial charge is 0.223 e. The molecule has 2 N–H and O–H groups in total. The zero-order valence-electron chi connectivity index (χ0n) is 12.9. The molecule has 2 fully saturated rings. The van der Waals surface area contributed by atoms with Crippen molar-refractivity contribution in [2.45, 2.75) is 31.8 Å². The fourth-order valence-corrected chi connectivity index (χ4v) is 2.91. The molecule has 0 aromatic heterocycles. The summed E-state index contributed by atoms with van der Waals surface area (Å²) in [5, 5.41) is 13.2. The normalized spacial score (nSPS) is 22.2. The molecule has 0 bridgehead atoms. The number of nitrogens with zero attached hydrogens (tertiary/aromatic N) is 2. The lowest BCUT2D eigenvalue weighted by atomic mass is 10.1. The number of β-amino-alcohol motifs (C(OH)–C–C–N with tert-alkyl or cyclic N) is 1. The van der Waals surface area contributed by atoms with Gasteiger partial charge in [-0.1, -0.05) is 0 Å². The monoisotopic (exact) mass is 299 g/mol. The highest BCUT2D eigenvalue weighted by Gasteiger charge is 2.17. The summed E-state index contributed by atoms with van der Waals surface area (Å²) in [6.45, 7) is 7.00. The highest BCUT2D eigenvalue weighted by atomic mass is 16.5. The van der Waals surface area contributed by atoms with Crippen LogP contribution in [-0.2, 0) is 9.53 Å². The minimum Gasteiger partial charge on any atom is -0.390 e. The molecule has 1 unspecified atom stereocenters. The highest BCUT2D eigenvalue weighted by Crippen LogP contribution is 2.09. The van der Waals surface area contributed by atoms with Crippen LogP contribution in [0.2, 0.25) is 0 Å². The number of amides is 1. The lowest BCUT2D eigenvalue weighted by Gasteiger charge is -2.28. The van der Waals surface area contributed by atoms with Crippen LogP contribution in [0, 0.1) is 0 Å². The minimum absolute atomic E-state index is 0.241. The Labute approximate surface area is 127 Å². The number of hydrogen-bond acceptors (Lipinski definition) is 5. The first kappa shape index (κ1) is 16.7. The molecule has 21 heavy (non-hydrogen) atoms. The number of hydrogen-bond donors (Lipinski definition) is 2. The zero-order valence-corrected chi connectivity index (χ0v) is 12.9. The van der Waals surface area contributed by atoms with E-state index in [2.05, 4.69) is 10.2 Å². The summed E-state index contributed by atoms with van der Waals surface area (Å²) in [6.07, 6.45) is 3.67. The number of nitrogens with one attached hydrogen (secondary N) is 1. The molecule has 122 valence electrons. The summed E-state index contributed by atoms with van der Waals surface area (Å²) in [7, 11) is 0. The Morgan fingerprint density at radius 3 is 2.57 bits per heavy atom. The van der Waals surface area contributed by atoms with Crippen molar-refractivity contribution < 1.29 is 14.6 Å². The van der Waals surface area contributed by atoms with E-state index in [4.69, 9.17) is 4.74 Å². The molecular weight excluding hydrogens is 270 g/mol. The molecule has 0 spiro atoms. The Balaban J connectivity index is 1.51. The van der Waals surface area contributed by atoms with Gasteiger partial charge in [-0.05, 0) is 19.3 Å². The number of aliphatic hydroxyl groups is 1. The lowest BCUT2D eigenvalue weighted by Crippen LogP contribution is -2.44. The maximum Gasteiger partial charge on any atom is 0.223 e. The van der Waals surface area contributed by atoms with Gasteiger partial charge in [-0.15, -0.1) is 0 Å². The molecule has 0 radical (unpaired) electrons. The topological polar surface area (TPSA) is 65.0 Å². The molecule has 0 aromatic carbocycles. The SMILES string of the molecule is O=C(CCNCC(O)CN1CCOCC1)N1CCCCC1. The Bertz CT molecular complexity index is 303. The molecule has 0 aromatic rings. The van der Waals surface area contributed by atoms with E-state index in [0.717, 1.165) is 52.2 Å². The van der Waals surface area contributed by atoms with Crippen molar-refractivity contribution in [1.82, 2.24) is 15.1 Å². The highest BCUT2D eigenvalue weighted by molar-refractivity contribution is 5.76. The average Bonchev–Trinajstić information content (AvgIpc) is 2.53. The second kappa shape index (κ2) is 9.35. The number of carbonyl (C=O) groups is 1. The lowest BCUT2D eigenvalue weighted by molar-refractivity contribution is -0.132. The number of piperidine rings is 1. The van der Waals surface area contributed by atoms with Crippen molar-refractivity contribution in [3.63, 3.8) is 0 Å². The van der Waals surface area contributed by atoms with Gasteiger partial charge in [0.15, 0.2) is 0 Å². The van der Waals surface area contributed by atoms with Crippen LogP contribution in [0.1, 0.15) is 25.7 Å². The standard InChI is InChI=1S/C15H29N3O3/c19-14(13-17-8-10-21-11-9-17)12-16-5-4-15(20)18-6-2-1-3-7-18/h14,16,19H,1-13H2. The second-order valence-corrected chi connectivity index (χ2v) is 5.96. The van der Waals surface area contributed by atoms with E-state index in [1.807, 2.05) is 4.90 Å². The first-order valence-electron chi connectivity index (χ1n) is 8.22. The van der Waals surface area contributed by atoms with E-state index in [-0.39, 0.29) is 12.0 Å². The van der Waals surface area contributed by atoms with Gasteiger partial charge in [0.05, 0.1) is 19.3 Å². The third kappa shape index (κ3) is 6.30. The number of carbonyl (C=O) groups excluding carboxylic acids is 1. The van der Waals surface area contributed by atoms with Gasteiger partial charge in [0, 0.05) is 52.2 Å². The molecular formula is C15H29N3O3. The van der Waals surface area contributed by atoms with Gasteiger partial charge >= 0.3 is 0 Å². The maximum absolute atomic E-state index is 12.0. The number of aliphatic hydroxyl groups excluding tert-OH is 1. The molecule has 1 amide bonds. The third-order valence-electron chi connectivity index (χ3n) is 4.18. The Morgan fingerprint density at radius 1 is 1.14 bits per heavy atom. The number of morpholine rings is 1. The summed E-state index contributed by atoms with van der Waals surface area (Å²) >= 11 is 0. The van der Waals surface area contributed by atoms with E-state index in [9.17, 15) is 9.90 Å². The van der Waals surface area contributed by atoms with Crippen molar-refractivity contribution >= 4 is 5.91 Å². The van der Waals surface area contributed by atoms with Crippen LogP contribution < -0.4 is 5.32 Å². The zero-order chi connectivity index (χ0) is 14.9. The first-order valence-corrected chi connectivity index (χ1v) is 8.22. The number of ether oxygens (including phenoxy) is 1. The van der Waals surface area contributed by atoms with Gasteiger partial charge in [0.2, 0.25) is 5.91 Å². The van der Waals surface area contributed by atoms with E-state index >= 15 is 0 Å². The molecule has 0 saturated carbocycles. The summed E-state index contributed by atoms with van der Waals surface area (Å²) in [5.74, 6) is 0.241. The first-order chi connectivity index (χ1) is 10.3. The van der Waals surface area contributed by atoms with Gasteiger partial charge in [-0.3, -0.25) is 9.69 Å². The largest absolute Gasteiger partial charge is 0.390 e. The minimum atomic E-state index is -0.381. The van der Waals surface area contributed by atoms with Crippen molar-refractivity contribution in [3.05, 3.63) is 0 Å². The van der Waals surface area contributed by atoms with E-state index < -0.39 is 0 Å². The van der Waals surface area contributed by atoms with E-state index in [0.29, 0.717) is 26.1 Å². The van der Waals surface area contributed by atoms with Crippen molar-refractivity contribution in [2.75, 3.05) is 59.0 Å². The van der Waals surface area contributed by atoms with Crippen LogP contribution in [0.5, 0.6) is 0 Å². The van der Waals surface area contributed by atoms with E-state index in [1.165, 1.54) is 6.42 Å². The molecule has 2 heterocycles. The van der Waals surface area contributed by atoms with Crippen LogP contribution in [0.25, 0.3) is 0 Å². The fourth-order valence-electron chi connectivity index (χ4n) is 2.91. The molecule has 1 atom stereocenters. The van der Waals surface area contributed by atoms with Crippen LogP contribution in [0.3, 0.4) is 0 Å². The van der Waals surface area contributed by atoms with Crippen LogP contribution in [0.15, 0.2) is 0 Å². The summed E-state index contributed by atoms with van der Waals surface area (Å²) in [5.41, 5.74) is 0. The Hall–Kier alpha value is -0.690. The number of rotatable bonds is 7. The number of likely N-dealkylation sites (tertiary alicyclic amines) is 1. The van der Waals surface area contributed by atoms with Crippen molar-refractivity contribution in [2.24, 2.45) is 0 Å². The van der Waals surface area contributed by atoms with Crippen LogP contribution in [-0.4, -0.2) is 85.9 Å². The van der Waals surface area contributed by atoms with Gasteiger partial charge in [-0.25, -0.2) is 0 Å². The quantitative estimate of drug-likeness (QED) is 0.630. The average molecular weight is 299 g/mol. The van der Waals surface area contributed by atoms with Crippen molar-refractivity contribution in [3.8, 4) is 0 Å². The summed E-state index contributed by atoms with van der Waals surface area (Å²) < 4.78 is 5.28. The van der Waals surface area contributed by atoms with Crippen LogP contribution >= 0.6 is 0 Å². The van der Waals surface area contributed by atoms with Crippen LogP contribution in [0.4, 0.5) is 0 Å². The predicted octanol–water partition coefficient (Wildman–Crippen LogP) is -0.328. The van der Waals surface area contributed by atoms with Crippen molar-refractivity contribution in [1.29, 1.82) is 0 Å². The Kier molecular flexibility index (Phi) is 7.43. The fraction of sp³-hybridized carbons (Fsp3) is 0.933. The Morgan fingerprint density at radius 2 is 1.86 bits per heavy atom. The molecule has 0 aliphatic carbocycles. The molecule has 6 heteroatoms. The maximum atomic E-state index is 12.0. The second-order valence-electron chi connectivity index (χ2n) is 5.96. The molecule has 2 aliphatic heterocycles. The predicted molar refractivity (Wildman–Crippen MR) is 81.2 cm³/mol. The van der Waals surface area contributed by atoms with Gasteiger partial charge < -0.3 is 20.1 Å². The summed E-state index contributed by atoms with van der Waals surface area (Å²) in [4.78, 5) is 16.1. The van der Waals surface area contributed by atoms with Gasteiger partial charge in [-0.2, -0.15) is 0 Å². The summed E-state index contributed by atoms with van der Waals surface area (Å²) in [6, 6.07) is 0.